The van der Waals surface area contributed by atoms with E-state index in [4.69, 9.17) is 5.21 Å². The average molecular weight is 436 g/mol. The molecule has 7 nitrogen and oxygen atoms in total. The predicted molar refractivity (Wildman–Crippen MR) is 124 cm³/mol. The minimum absolute atomic E-state index is 0.166. The van der Waals surface area contributed by atoms with Crippen LogP contribution in [0.4, 0.5) is 21.5 Å². The van der Waals surface area contributed by atoms with E-state index in [1.165, 1.54) is 12.1 Å². The minimum atomic E-state index is -0.432. The highest BCUT2D eigenvalue weighted by Gasteiger charge is 2.19. The van der Waals surface area contributed by atoms with Gasteiger partial charge in [-0.15, -0.1) is 0 Å². The van der Waals surface area contributed by atoms with Crippen molar-refractivity contribution in [3.8, 4) is 11.1 Å². The van der Waals surface area contributed by atoms with Gasteiger partial charge in [0.15, 0.2) is 0 Å². The standard InChI is InChI=1S/C24H26FN5O2/c25-20-3-5-22(6-4-20)29-10-12-30(13-11-29)23-15-19(18-2-1-8-26-17-18)14-21(16-23)27-9-7-24(31)28-32/h1-6,8,14-17,27,32H,7,9-13H2,(H,28,31). The summed E-state index contributed by atoms with van der Waals surface area (Å²) in [6.07, 6.45) is 3.74. The predicted octanol–water partition coefficient (Wildman–Crippen LogP) is 3.52. The van der Waals surface area contributed by atoms with Gasteiger partial charge in [-0.05, 0) is 54.1 Å². The van der Waals surface area contributed by atoms with Crippen LogP contribution in [0, 0.1) is 5.82 Å². The normalized spacial score (nSPS) is 13.7. The fraction of sp³-hybridized carbons (Fsp3) is 0.250. The Labute approximate surface area is 186 Å². The van der Waals surface area contributed by atoms with Crippen molar-refractivity contribution in [2.45, 2.75) is 6.42 Å². The molecule has 4 rings (SSSR count). The molecule has 3 aromatic rings. The van der Waals surface area contributed by atoms with Gasteiger partial charge in [0, 0.05) is 74.2 Å². The number of carbonyl (C=O) groups excluding carboxylic acids is 1. The average Bonchev–Trinajstić information content (AvgIpc) is 2.85. The highest BCUT2D eigenvalue weighted by atomic mass is 19.1. The van der Waals surface area contributed by atoms with Gasteiger partial charge in [-0.2, -0.15) is 0 Å². The molecule has 32 heavy (non-hydrogen) atoms. The Balaban J connectivity index is 1.51. The molecule has 8 heteroatoms. The Morgan fingerprint density at radius 3 is 2.34 bits per heavy atom. The van der Waals surface area contributed by atoms with Crippen LogP contribution < -0.4 is 20.6 Å². The van der Waals surface area contributed by atoms with Crippen molar-refractivity contribution < 1.29 is 14.4 Å². The number of hydroxylamine groups is 1. The van der Waals surface area contributed by atoms with Gasteiger partial charge in [0.2, 0.25) is 5.91 Å². The van der Waals surface area contributed by atoms with E-state index in [-0.39, 0.29) is 12.2 Å². The molecule has 0 saturated carbocycles. The molecule has 2 heterocycles. The van der Waals surface area contributed by atoms with Gasteiger partial charge in [-0.25, -0.2) is 9.87 Å². The fourth-order valence-corrected chi connectivity index (χ4v) is 3.85. The second kappa shape index (κ2) is 10.1. The van der Waals surface area contributed by atoms with E-state index in [9.17, 15) is 9.18 Å². The summed E-state index contributed by atoms with van der Waals surface area (Å²) < 4.78 is 13.2. The van der Waals surface area contributed by atoms with Gasteiger partial charge >= 0.3 is 0 Å². The molecule has 0 unspecified atom stereocenters. The smallest absolute Gasteiger partial charge is 0.245 e. The largest absolute Gasteiger partial charge is 0.384 e. The molecule has 166 valence electrons. The third-order valence-corrected chi connectivity index (χ3v) is 5.56. The van der Waals surface area contributed by atoms with Crippen LogP contribution >= 0.6 is 0 Å². The first kappa shape index (κ1) is 21.6. The van der Waals surface area contributed by atoms with Crippen LogP contribution in [0.25, 0.3) is 11.1 Å². The highest BCUT2D eigenvalue weighted by molar-refractivity contribution is 5.76. The van der Waals surface area contributed by atoms with Crippen LogP contribution in [-0.2, 0) is 4.79 Å². The number of rotatable bonds is 7. The molecule has 1 saturated heterocycles. The molecular formula is C24H26FN5O2. The number of nitrogens with one attached hydrogen (secondary N) is 2. The minimum Gasteiger partial charge on any atom is -0.384 e. The third kappa shape index (κ3) is 5.33. The van der Waals surface area contributed by atoms with Crippen LogP contribution in [0.1, 0.15) is 6.42 Å². The summed E-state index contributed by atoms with van der Waals surface area (Å²) in [6, 6.07) is 16.8. The molecule has 1 aliphatic rings. The summed E-state index contributed by atoms with van der Waals surface area (Å²) in [4.78, 5) is 20.1. The van der Waals surface area contributed by atoms with Crippen molar-refractivity contribution in [2.24, 2.45) is 0 Å². The summed E-state index contributed by atoms with van der Waals surface area (Å²) in [5.74, 6) is -0.658. The van der Waals surface area contributed by atoms with E-state index >= 15 is 0 Å². The van der Waals surface area contributed by atoms with E-state index in [1.807, 2.05) is 36.5 Å². The molecule has 1 amide bonds. The maximum Gasteiger partial charge on any atom is 0.245 e. The molecule has 0 radical (unpaired) electrons. The van der Waals surface area contributed by atoms with E-state index in [1.54, 1.807) is 11.7 Å². The van der Waals surface area contributed by atoms with Crippen LogP contribution in [0.5, 0.6) is 0 Å². The lowest BCUT2D eigenvalue weighted by Gasteiger charge is -2.37. The molecule has 1 aromatic heterocycles. The topological polar surface area (TPSA) is 80.7 Å². The number of pyridine rings is 1. The number of halogens is 1. The first-order valence-electron chi connectivity index (χ1n) is 10.6. The van der Waals surface area contributed by atoms with Gasteiger partial charge in [0.25, 0.3) is 0 Å². The molecule has 1 fully saturated rings. The molecular weight excluding hydrogens is 409 g/mol. The Hall–Kier alpha value is -3.65. The number of piperazine rings is 1. The van der Waals surface area contributed by atoms with Crippen LogP contribution in [0.2, 0.25) is 0 Å². The highest BCUT2D eigenvalue weighted by Crippen LogP contribution is 2.30. The number of nitrogens with zero attached hydrogens (tertiary/aromatic N) is 3. The van der Waals surface area contributed by atoms with E-state index in [0.717, 1.165) is 54.4 Å². The van der Waals surface area contributed by atoms with Gasteiger partial charge in [-0.1, -0.05) is 6.07 Å². The molecule has 1 aliphatic heterocycles. The Morgan fingerprint density at radius 2 is 1.69 bits per heavy atom. The molecule has 0 aliphatic carbocycles. The Kier molecular flexibility index (Phi) is 6.81. The van der Waals surface area contributed by atoms with Crippen LogP contribution in [0.15, 0.2) is 67.0 Å². The molecule has 3 N–H and O–H groups in total. The maximum atomic E-state index is 13.2. The van der Waals surface area contributed by atoms with Gasteiger partial charge in [0.05, 0.1) is 0 Å². The summed E-state index contributed by atoms with van der Waals surface area (Å²) in [6.45, 7) is 3.74. The molecule has 0 bridgehead atoms. The zero-order valence-electron chi connectivity index (χ0n) is 17.7. The van der Waals surface area contributed by atoms with E-state index < -0.39 is 5.91 Å². The first-order valence-corrected chi connectivity index (χ1v) is 10.6. The number of carbonyl (C=O) groups is 1. The third-order valence-electron chi connectivity index (χ3n) is 5.56. The van der Waals surface area contributed by atoms with Crippen molar-refractivity contribution in [3.63, 3.8) is 0 Å². The second-order valence-electron chi connectivity index (χ2n) is 7.67. The van der Waals surface area contributed by atoms with Gasteiger partial charge in [0.1, 0.15) is 5.82 Å². The molecule has 0 spiro atoms. The summed E-state index contributed by atoms with van der Waals surface area (Å²) >= 11 is 0. The molecule has 2 aromatic carbocycles. The number of benzene rings is 2. The molecule has 0 atom stereocenters. The Bertz CT molecular complexity index is 1040. The summed E-state index contributed by atoms with van der Waals surface area (Å²) in [7, 11) is 0. The number of anilines is 3. The lowest BCUT2D eigenvalue weighted by atomic mass is 10.0. The zero-order valence-corrected chi connectivity index (χ0v) is 17.7. The first-order chi connectivity index (χ1) is 15.6. The summed E-state index contributed by atoms with van der Waals surface area (Å²) in [5, 5.41) is 12.0. The van der Waals surface area contributed by atoms with Gasteiger partial charge in [-0.3, -0.25) is 15.0 Å². The fourth-order valence-electron chi connectivity index (χ4n) is 3.85. The number of aromatic nitrogens is 1. The van der Waals surface area contributed by atoms with Crippen molar-refractivity contribution in [2.75, 3.05) is 47.8 Å². The second-order valence-corrected chi connectivity index (χ2v) is 7.67. The SMILES string of the molecule is O=C(CCNc1cc(-c2cccnc2)cc(N2CCN(c3ccc(F)cc3)CC2)c1)NO. The van der Waals surface area contributed by atoms with Crippen LogP contribution in [-0.4, -0.2) is 48.8 Å². The van der Waals surface area contributed by atoms with Crippen molar-refractivity contribution in [1.29, 1.82) is 0 Å². The number of amides is 1. The van der Waals surface area contributed by atoms with Gasteiger partial charge < -0.3 is 15.1 Å². The Morgan fingerprint density at radius 1 is 0.969 bits per heavy atom. The monoisotopic (exact) mass is 435 g/mol. The maximum absolute atomic E-state index is 13.2. The van der Waals surface area contributed by atoms with E-state index in [2.05, 4.69) is 32.2 Å². The van der Waals surface area contributed by atoms with E-state index in [0.29, 0.717) is 6.54 Å². The lowest BCUT2D eigenvalue weighted by molar-refractivity contribution is -0.128. The van der Waals surface area contributed by atoms with Crippen LogP contribution in [0.3, 0.4) is 0 Å². The van der Waals surface area contributed by atoms with Crippen molar-refractivity contribution >= 4 is 23.0 Å². The number of hydrogen-bond acceptors (Lipinski definition) is 6. The zero-order chi connectivity index (χ0) is 22.3. The van der Waals surface area contributed by atoms with Crippen molar-refractivity contribution in [3.05, 3.63) is 72.8 Å². The van der Waals surface area contributed by atoms with Crippen molar-refractivity contribution in [1.82, 2.24) is 10.5 Å². The summed E-state index contributed by atoms with van der Waals surface area (Å²) in [5.41, 5.74) is 6.70. The number of hydrogen-bond donors (Lipinski definition) is 3. The lowest BCUT2D eigenvalue weighted by Crippen LogP contribution is -2.46. The quantitative estimate of drug-likeness (QED) is 0.389.